The number of rotatable bonds is 7. The van der Waals surface area contributed by atoms with Crippen molar-refractivity contribution >= 4 is 11.8 Å². The fourth-order valence-corrected chi connectivity index (χ4v) is 2.94. The molecule has 154 valence electrons. The minimum absolute atomic E-state index is 0.206. The van der Waals surface area contributed by atoms with E-state index in [2.05, 4.69) is 10.9 Å². The Hall–Kier alpha value is -3.80. The summed E-state index contributed by atoms with van der Waals surface area (Å²) in [6.45, 7) is 3.94. The number of para-hydroxylation sites is 1. The lowest BCUT2D eigenvalue weighted by Gasteiger charge is -2.13. The first-order valence-electron chi connectivity index (χ1n) is 9.57. The molecule has 0 unspecified atom stereocenters. The van der Waals surface area contributed by atoms with E-state index in [1.165, 1.54) is 0 Å². The Morgan fingerprint density at radius 3 is 2.17 bits per heavy atom. The third-order valence-electron chi connectivity index (χ3n) is 4.28. The van der Waals surface area contributed by atoms with E-state index in [9.17, 15) is 9.59 Å². The number of carbonyl (C=O) groups is 2. The van der Waals surface area contributed by atoms with Crippen LogP contribution in [0.4, 0.5) is 0 Å². The molecule has 0 heterocycles. The minimum atomic E-state index is -0.458. The first kappa shape index (κ1) is 20.9. The molecule has 2 amide bonds. The standard InChI is InChI=1S/C24H24N2O4/c1-17-12-18(2)14-21(13-17)30-16-23(27)25-26-24(28)22-11-7-6-8-19(22)15-29-20-9-4-3-5-10-20/h3-14H,15-16H2,1-2H3,(H,25,27)(H,26,28). The molecule has 3 aromatic rings. The van der Waals surface area contributed by atoms with Gasteiger partial charge in [0.2, 0.25) is 0 Å². The number of hydrogen-bond acceptors (Lipinski definition) is 4. The maximum atomic E-state index is 12.5. The Morgan fingerprint density at radius 1 is 0.767 bits per heavy atom. The summed E-state index contributed by atoms with van der Waals surface area (Å²) in [5, 5.41) is 0. The molecule has 2 N–H and O–H groups in total. The van der Waals surface area contributed by atoms with E-state index < -0.39 is 11.8 Å². The number of benzene rings is 3. The second kappa shape index (κ2) is 10.1. The Morgan fingerprint density at radius 2 is 1.43 bits per heavy atom. The van der Waals surface area contributed by atoms with Gasteiger partial charge in [0.25, 0.3) is 11.8 Å². The predicted octanol–water partition coefficient (Wildman–Crippen LogP) is 3.72. The smallest absolute Gasteiger partial charge is 0.276 e. The van der Waals surface area contributed by atoms with E-state index in [4.69, 9.17) is 9.47 Å². The van der Waals surface area contributed by atoms with Crippen LogP contribution in [-0.2, 0) is 11.4 Å². The van der Waals surface area contributed by atoms with Gasteiger partial charge in [-0.3, -0.25) is 20.4 Å². The molecule has 0 aliphatic heterocycles. The fraction of sp³-hybridized carbons (Fsp3) is 0.167. The highest BCUT2D eigenvalue weighted by Gasteiger charge is 2.13. The van der Waals surface area contributed by atoms with Gasteiger partial charge in [-0.2, -0.15) is 0 Å². The largest absolute Gasteiger partial charge is 0.489 e. The van der Waals surface area contributed by atoms with Gasteiger partial charge in [0.1, 0.15) is 18.1 Å². The SMILES string of the molecule is Cc1cc(C)cc(OCC(=O)NNC(=O)c2ccccc2COc2ccccc2)c1. The van der Waals surface area contributed by atoms with E-state index in [0.717, 1.165) is 11.1 Å². The summed E-state index contributed by atoms with van der Waals surface area (Å²) in [4.78, 5) is 24.6. The zero-order chi connectivity index (χ0) is 21.3. The van der Waals surface area contributed by atoms with Crippen molar-refractivity contribution in [3.8, 4) is 11.5 Å². The fourth-order valence-electron chi connectivity index (χ4n) is 2.94. The molecule has 6 heteroatoms. The maximum absolute atomic E-state index is 12.5. The van der Waals surface area contributed by atoms with Crippen LogP contribution in [0.1, 0.15) is 27.0 Å². The number of ether oxygens (including phenoxy) is 2. The van der Waals surface area contributed by atoms with E-state index in [0.29, 0.717) is 22.6 Å². The quantitative estimate of drug-likeness (QED) is 0.589. The van der Waals surface area contributed by atoms with Gasteiger partial charge in [-0.1, -0.05) is 42.5 Å². The lowest BCUT2D eigenvalue weighted by Crippen LogP contribution is -2.44. The molecule has 0 fully saturated rings. The molecule has 0 aliphatic rings. The number of hydrogen-bond donors (Lipinski definition) is 2. The van der Waals surface area contributed by atoms with Crippen LogP contribution in [0.2, 0.25) is 0 Å². The van der Waals surface area contributed by atoms with Crippen LogP contribution in [0.3, 0.4) is 0 Å². The van der Waals surface area contributed by atoms with Crippen molar-refractivity contribution in [2.45, 2.75) is 20.5 Å². The van der Waals surface area contributed by atoms with Gasteiger partial charge in [-0.25, -0.2) is 0 Å². The van der Waals surface area contributed by atoms with E-state index >= 15 is 0 Å². The average Bonchev–Trinajstić information content (AvgIpc) is 2.75. The van der Waals surface area contributed by atoms with Crippen molar-refractivity contribution < 1.29 is 19.1 Å². The van der Waals surface area contributed by atoms with E-state index in [1.54, 1.807) is 12.1 Å². The van der Waals surface area contributed by atoms with Crippen molar-refractivity contribution in [1.82, 2.24) is 10.9 Å². The molecule has 6 nitrogen and oxygen atoms in total. The second-order valence-corrected chi connectivity index (χ2v) is 6.87. The molecule has 30 heavy (non-hydrogen) atoms. The second-order valence-electron chi connectivity index (χ2n) is 6.87. The van der Waals surface area contributed by atoms with Crippen LogP contribution in [-0.4, -0.2) is 18.4 Å². The van der Waals surface area contributed by atoms with Gasteiger partial charge in [-0.05, 0) is 55.3 Å². The molecular formula is C24H24N2O4. The number of amides is 2. The van der Waals surface area contributed by atoms with Gasteiger partial charge in [0.05, 0.1) is 0 Å². The lowest BCUT2D eigenvalue weighted by atomic mass is 10.1. The van der Waals surface area contributed by atoms with Crippen LogP contribution in [0.5, 0.6) is 11.5 Å². The summed E-state index contributed by atoms with van der Waals surface area (Å²) in [5.74, 6) is 0.435. The van der Waals surface area contributed by atoms with Crippen LogP contribution in [0.25, 0.3) is 0 Å². The van der Waals surface area contributed by atoms with Crippen molar-refractivity contribution in [2.24, 2.45) is 0 Å². The number of aryl methyl sites for hydroxylation is 2. The lowest BCUT2D eigenvalue weighted by molar-refractivity contribution is -0.123. The highest BCUT2D eigenvalue weighted by Crippen LogP contribution is 2.16. The van der Waals surface area contributed by atoms with Crippen molar-refractivity contribution in [2.75, 3.05) is 6.61 Å². The van der Waals surface area contributed by atoms with Crippen LogP contribution >= 0.6 is 0 Å². The molecule has 0 spiro atoms. The Labute approximate surface area is 175 Å². The molecule has 0 radical (unpaired) electrons. The number of nitrogens with one attached hydrogen (secondary N) is 2. The third-order valence-corrected chi connectivity index (χ3v) is 4.28. The maximum Gasteiger partial charge on any atom is 0.276 e. The Bertz CT molecular complexity index is 998. The van der Waals surface area contributed by atoms with Gasteiger partial charge in [0.15, 0.2) is 6.61 Å². The molecule has 0 saturated carbocycles. The summed E-state index contributed by atoms with van der Waals surface area (Å²) >= 11 is 0. The molecule has 0 aromatic heterocycles. The van der Waals surface area contributed by atoms with Crippen LogP contribution < -0.4 is 20.3 Å². The molecule has 0 saturated heterocycles. The summed E-state index contributed by atoms with van der Waals surface area (Å²) in [5.41, 5.74) is 8.03. The molecule has 3 rings (SSSR count). The predicted molar refractivity (Wildman–Crippen MR) is 114 cm³/mol. The van der Waals surface area contributed by atoms with Crippen molar-refractivity contribution in [1.29, 1.82) is 0 Å². The number of hydrazine groups is 1. The normalized spacial score (nSPS) is 10.2. The first-order valence-corrected chi connectivity index (χ1v) is 9.57. The summed E-state index contributed by atoms with van der Waals surface area (Å²) in [6, 6.07) is 22.1. The molecule has 3 aromatic carbocycles. The monoisotopic (exact) mass is 404 g/mol. The van der Waals surface area contributed by atoms with E-state index in [-0.39, 0.29) is 13.2 Å². The van der Waals surface area contributed by atoms with Gasteiger partial charge >= 0.3 is 0 Å². The Kier molecular flexibility index (Phi) is 7.05. The molecular weight excluding hydrogens is 380 g/mol. The summed E-state index contributed by atoms with van der Waals surface area (Å²) in [7, 11) is 0. The molecule has 0 atom stereocenters. The van der Waals surface area contributed by atoms with Crippen LogP contribution in [0, 0.1) is 13.8 Å². The zero-order valence-corrected chi connectivity index (χ0v) is 17.0. The topological polar surface area (TPSA) is 76.7 Å². The van der Waals surface area contributed by atoms with Crippen LogP contribution in [0.15, 0.2) is 72.8 Å². The number of carbonyl (C=O) groups excluding carboxylic acids is 2. The average molecular weight is 404 g/mol. The van der Waals surface area contributed by atoms with Gasteiger partial charge in [0, 0.05) is 11.1 Å². The third kappa shape index (κ3) is 6.10. The highest BCUT2D eigenvalue weighted by molar-refractivity contribution is 5.96. The minimum Gasteiger partial charge on any atom is -0.489 e. The summed E-state index contributed by atoms with van der Waals surface area (Å²) in [6.07, 6.45) is 0. The first-order chi connectivity index (χ1) is 14.5. The van der Waals surface area contributed by atoms with E-state index in [1.807, 2.05) is 74.5 Å². The van der Waals surface area contributed by atoms with Gasteiger partial charge < -0.3 is 9.47 Å². The van der Waals surface area contributed by atoms with Crippen molar-refractivity contribution in [3.63, 3.8) is 0 Å². The zero-order valence-electron chi connectivity index (χ0n) is 17.0. The molecule has 0 bridgehead atoms. The Balaban J connectivity index is 1.52. The van der Waals surface area contributed by atoms with Crippen molar-refractivity contribution in [3.05, 3.63) is 95.1 Å². The highest BCUT2D eigenvalue weighted by atomic mass is 16.5. The summed E-state index contributed by atoms with van der Waals surface area (Å²) < 4.78 is 11.2. The molecule has 0 aliphatic carbocycles. The van der Waals surface area contributed by atoms with Gasteiger partial charge in [-0.15, -0.1) is 0 Å².